The van der Waals surface area contributed by atoms with Crippen LogP contribution in [0.4, 0.5) is 0 Å². The maximum atomic E-state index is 9.73. The van der Waals surface area contributed by atoms with Crippen molar-refractivity contribution in [2.75, 3.05) is 13.2 Å². The summed E-state index contributed by atoms with van der Waals surface area (Å²) >= 11 is 0. The quantitative estimate of drug-likeness (QED) is 0.621. The molecule has 4 heteroatoms. The van der Waals surface area contributed by atoms with Crippen molar-refractivity contribution in [3.63, 3.8) is 0 Å². The molecule has 78 valence electrons. The number of aliphatic hydroxyl groups excluding tert-OH is 2. The zero-order valence-corrected chi connectivity index (χ0v) is 8.01. The highest BCUT2D eigenvalue weighted by Crippen LogP contribution is 2.32. The molecule has 1 saturated heterocycles. The van der Waals surface area contributed by atoms with E-state index in [9.17, 15) is 10.2 Å². The average molecular weight is 198 g/mol. The molecule has 1 aliphatic carbocycles. The van der Waals surface area contributed by atoms with Gasteiger partial charge in [0.1, 0.15) is 12.2 Å². The van der Waals surface area contributed by atoms with E-state index in [1.54, 1.807) is 19.1 Å². The first-order valence-corrected chi connectivity index (χ1v) is 4.66. The highest BCUT2D eigenvalue weighted by atomic mass is 16.7. The van der Waals surface area contributed by atoms with Gasteiger partial charge in [0.15, 0.2) is 5.79 Å². The smallest absolute Gasteiger partial charge is 0.190 e. The Morgan fingerprint density at radius 1 is 1.36 bits per heavy atom. The molecule has 1 heterocycles. The molecule has 14 heavy (non-hydrogen) atoms. The van der Waals surface area contributed by atoms with Gasteiger partial charge in [-0.3, -0.25) is 0 Å². The van der Waals surface area contributed by atoms with Gasteiger partial charge in [0, 0.05) is 5.57 Å². The molecule has 0 amide bonds. The second-order valence-electron chi connectivity index (χ2n) is 3.58. The van der Waals surface area contributed by atoms with Gasteiger partial charge in [0.25, 0.3) is 0 Å². The van der Waals surface area contributed by atoms with Gasteiger partial charge in [-0.05, 0) is 6.92 Å². The lowest BCUT2D eigenvalue weighted by molar-refractivity contribution is -0.126. The van der Waals surface area contributed by atoms with E-state index < -0.39 is 18.0 Å². The second-order valence-corrected chi connectivity index (χ2v) is 3.58. The highest BCUT2D eigenvalue weighted by molar-refractivity contribution is 5.30. The minimum absolute atomic E-state index is 0.514. The average Bonchev–Trinajstić information content (AvgIpc) is 2.58. The topological polar surface area (TPSA) is 58.9 Å². The summed E-state index contributed by atoms with van der Waals surface area (Å²) in [6, 6.07) is 0. The van der Waals surface area contributed by atoms with Crippen molar-refractivity contribution in [2.24, 2.45) is 0 Å². The van der Waals surface area contributed by atoms with Gasteiger partial charge >= 0.3 is 0 Å². The number of hydrogen-bond donors (Lipinski definition) is 2. The fraction of sp³-hybridized carbons (Fsp3) is 0.600. The Kier molecular flexibility index (Phi) is 2.45. The first-order chi connectivity index (χ1) is 6.63. The van der Waals surface area contributed by atoms with Crippen molar-refractivity contribution in [3.8, 4) is 0 Å². The van der Waals surface area contributed by atoms with Crippen LogP contribution in [0.15, 0.2) is 23.8 Å². The maximum Gasteiger partial charge on any atom is 0.190 e. The SMILES string of the molecule is CC1(C2=CC=C[C@@H](O)[C@H]2O)OCCO1. The van der Waals surface area contributed by atoms with E-state index >= 15 is 0 Å². The molecule has 2 N–H and O–H groups in total. The predicted molar refractivity (Wildman–Crippen MR) is 49.5 cm³/mol. The van der Waals surface area contributed by atoms with E-state index in [1.165, 1.54) is 6.08 Å². The fourth-order valence-electron chi connectivity index (χ4n) is 1.76. The molecule has 1 fully saturated rings. The Bertz CT molecular complexity index is 276. The molecule has 0 aromatic carbocycles. The fourth-order valence-corrected chi connectivity index (χ4v) is 1.76. The monoisotopic (exact) mass is 198 g/mol. The number of hydrogen-bond acceptors (Lipinski definition) is 4. The van der Waals surface area contributed by atoms with Gasteiger partial charge in [0.05, 0.1) is 13.2 Å². The van der Waals surface area contributed by atoms with Crippen molar-refractivity contribution in [2.45, 2.75) is 24.9 Å². The Morgan fingerprint density at radius 2 is 2.00 bits per heavy atom. The van der Waals surface area contributed by atoms with Gasteiger partial charge < -0.3 is 19.7 Å². The Balaban J connectivity index is 2.24. The summed E-state index contributed by atoms with van der Waals surface area (Å²) in [5, 5.41) is 19.2. The van der Waals surface area contributed by atoms with E-state index in [2.05, 4.69) is 0 Å². The second kappa shape index (κ2) is 3.47. The summed E-state index contributed by atoms with van der Waals surface area (Å²) in [7, 11) is 0. The first-order valence-electron chi connectivity index (χ1n) is 4.66. The lowest BCUT2D eigenvalue weighted by atomic mass is 9.93. The zero-order valence-electron chi connectivity index (χ0n) is 8.01. The van der Waals surface area contributed by atoms with Crippen LogP contribution in [0.1, 0.15) is 6.92 Å². The molecule has 0 unspecified atom stereocenters. The molecule has 1 aliphatic heterocycles. The van der Waals surface area contributed by atoms with Crippen LogP contribution in [0.2, 0.25) is 0 Å². The van der Waals surface area contributed by atoms with Crippen LogP contribution in [0.25, 0.3) is 0 Å². The molecular weight excluding hydrogens is 184 g/mol. The van der Waals surface area contributed by atoms with E-state index in [4.69, 9.17) is 9.47 Å². The minimum atomic E-state index is -0.942. The van der Waals surface area contributed by atoms with E-state index in [0.29, 0.717) is 18.8 Å². The number of ether oxygens (including phenoxy) is 2. The van der Waals surface area contributed by atoms with Crippen molar-refractivity contribution >= 4 is 0 Å². The largest absolute Gasteiger partial charge is 0.386 e. The zero-order chi connectivity index (χ0) is 10.2. The van der Waals surface area contributed by atoms with Crippen LogP contribution >= 0.6 is 0 Å². The third-order valence-electron chi connectivity index (χ3n) is 2.59. The van der Waals surface area contributed by atoms with Crippen LogP contribution in [0, 0.1) is 0 Å². The number of rotatable bonds is 1. The standard InChI is InChI=1S/C10H14O4/c1-10(13-5-6-14-10)7-3-2-4-8(11)9(7)12/h2-4,8-9,11-12H,5-6H2,1H3/t8-,9+/m1/s1. The third kappa shape index (κ3) is 1.50. The molecule has 4 nitrogen and oxygen atoms in total. The molecule has 2 aliphatic rings. The normalized spacial score (nSPS) is 35.8. The molecule has 0 spiro atoms. The summed E-state index contributed by atoms with van der Waals surface area (Å²) < 4.78 is 10.8. The van der Waals surface area contributed by atoms with Crippen molar-refractivity contribution in [1.29, 1.82) is 0 Å². The maximum absolute atomic E-state index is 9.73. The van der Waals surface area contributed by atoms with Gasteiger partial charge in [-0.25, -0.2) is 0 Å². The van der Waals surface area contributed by atoms with Crippen molar-refractivity contribution in [1.82, 2.24) is 0 Å². The molecule has 0 aromatic rings. The van der Waals surface area contributed by atoms with Crippen LogP contribution in [0.3, 0.4) is 0 Å². The first kappa shape index (κ1) is 9.86. The summed E-state index contributed by atoms with van der Waals surface area (Å²) in [5.74, 6) is -0.884. The van der Waals surface area contributed by atoms with E-state index in [0.717, 1.165) is 0 Å². The van der Waals surface area contributed by atoms with Gasteiger partial charge in [0.2, 0.25) is 0 Å². The van der Waals surface area contributed by atoms with Gasteiger partial charge in [-0.2, -0.15) is 0 Å². The van der Waals surface area contributed by atoms with Crippen molar-refractivity contribution in [3.05, 3.63) is 23.8 Å². The summed E-state index contributed by atoms with van der Waals surface area (Å²) in [5.41, 5.74) is 0.574. The number of aliphatic hydroxyl groups is 2. The van der Waals surface area contributed by atoms with Gasteiger partial charge in [-0.1, -0.05) is 18.2 Å². The Hall–Kier alpha value is -0.680. The van der Waals surface area contributed by atoms with Crippen LogP contribution in [-0.4, -0.2) is 41.4 Å². The van der Waals surface area contributed by atoms with Crippen molar-refractivity contribution < 1.29 is 19.7 Å². The Morgan fingerprint density at radius 3 is 2.64 bits per heavy atom. The van der Waals surface area contributed by atoms with E-state index in [-0.39, 0.29) is 0 Å². The van der Waals surface area contributed by atoms with Gasteiger partial charge in [-0.15, -0.1) is 0 Å². The molecule has 0 saturated carbocycles. The van der Waals surface area contributed by atoms with E-state index in [1.807, 2.05) is 0 Å². The molecule has 0 radical (unpaired) electrons. The lowest BCUT2D eigenvalue weighted by Crippen LogP contribution is -2.40. The minimum Gasteiger partial charge on any atom is -0.386 e. The van der Waals surface area contributed by atoms with Crippen LogP contribution < -0.4 is 0 Å². The molecule has 0 aromatic heterocycles. The van der Waals surface area contributed by atoms with Crippen LogP contribution in [-0.2, 0) is 9.47 Å². The predicted octanol–water partition coefficient (Wildman–Crippen LogP) is -0.0326. The molecule has 2 rings (SSSR count). The Labute approximate surface area is 82.4 Å². The number of allylic oxidation sites excluding steroid dienone is 2. The van der Waals surface area contributed by atoms with Crippen LogP contribution in [0.5, 0.6) is 0 Å². The molecular formula is C10H14O4. The third-order valence-corrected chi connectivity index (χ3v) is 2.59. The lowest BCUT2D eigenvalue weighted by Gasteiger charge is -2.31. The highest BCUT2D eigenvalue weighted by Gasteiger charge is 2.40. The molecule has 0 bridgehead atoms. The summed E-state index contributed by atoms with van der Waals surface area (Å²) in [6.45, 7) is 2.78. The summed E-state index contributed by atoms with van der Waals surface area (Å²) in [6.07, 6.45) is 3.14. The summed E-state index contributed by atoms with van der Waals surface area (Å²) in [4.78, 5) is 0. The molecule has 2 atom stereocenters.